The molecule has 3 aromatic carbocycles. The van der Waals surface area contributed by atoms with Gasteiger partial charge in [0.05, 0.1) is 12.0 Å². The normalized spacial score (nSPS) is 11.2. The van der Waals surface area contributed by atoms with E-state index in [0.717, 1.165) is 16.3 Å². The molecule has 1 N–H and O–H groups in total. The van der Waals surface area contributed by atoms with Crippen molar-refractivity contribution in [3.8, 4) is 11.1 Å². The first kappa shape index (κ1) is 18.3. The molecule has 0 aliphatic carbocycles. The minimum atomic E-state index is -1.06. The van der Waals surface area contributed by atoms with Crippen molar-refractivity contribution in [2.24, 2.45) is 0 Å². The lowest BCUT2D eigenvalue weighted by Crippen LogP contribution is -2.07. The van der Waals surface area contributed by atoms with Gasteiger partial charge in [-0.1, -0.05) is 48.5 Å². The van der Waals surface area contributed by atoms with Crippen LogP contribution in [0.4, 0.5) is 0 Å². The van der Waals surface area contributed by atoms with E-state index >= 15 is 0 Å². The Balaban J connectivity index is 1.52. The van der Waals surface area contributed by atoms with Crippen molar-refractivity contribution in [3.63, 3.8) is 0 Å². The summed E-state index contributed by atoms with van der Waals surface area (Å²) in [6.45, 7) is 0. The number of rotatable bonds is 5. The number of oxazole rings is 1. The van der Waals surface area contributed by atoms with Gasteiger partial charge < -0.3 is 9.52 Å². The van der Waals surface area contributed by atoms with Crippen LogP contribution in [0.3, 0.4) is 0 Å². The molecule has 0 amide bonds. The van der Waals surface area contributed by atoms with Gasteiger partial charge in [-0.05, 0) is 39.9 Å². The molecule has 5 rings (SSSR count). The number of hydrogen-bond donors (Lipinski definition) is 1. The molecule has 0 fully saturated rings. The van der Waals surface area contributed by atoms with Crippen LogP contribution >= 0.6 is 11.3 Å². The number of carbonyl (C=O) groups excluding carboxylic acids is 1. The molecule has 146 valence electrons. The third-order valence-corrected chi connectivity index (χ3v) is 5.98. The predicted molar refractivity (Wildman–Crippen MR) is 116 cm³/mol. The van der Waals surface area contributed by atoms with Crippen LogP contribution in [-0.2, 0) is 6.42 Å². The summed E-state index contributed by atoms with van der Waals surface area (Å²) >= 11 is 1.26. The second kappa shape index (κ2) is 7.24. The summed E-state index contributed by atoms with van der Waals surface area (Å²) in [4.78, 5) is 29.5. The third kappa shape index (κ3) is 3.17. The molecule has 5 nitrogen and oxygen atoms in total. The third-order valence-electron chi connectivity index (χ3n) is 5.00. The highest BCUT2D eigenvalue weighted by Crippen LogP contribution is 2.34. The van der Waals surface area contributed by atoms with Gasteiger partial charge in [0, 0.05) is 10.4 Å². The van der Waals surface area contributed by atoms with E-state index in [4.69, 9.17) is 4.42 Å². The Labute approximate surface area is 175 Å². The summed E-state index contributed by atoms with van der Waals surface area (Å²) in [6.07, 6.45) is -0.0767. The van der Waals surface area contributed by atoms with Crippen molar-refractivity contribution in [2.75, 3.05) is 0 Å². The van der Waals surface area contributed by atoms with Gasteiger partial charge in [-0.15, -0.1) is 11.3 Å². The van der Waals surface area contributed by atoms with Crippen LogP contribution in [0.1, 0.15) is 25.9 Å². The van der Waals surface area contributed by atoms with Crippen LogP contribution in [-0.4, -0.2) is 21.8 Å². The summed E-state index contributed by atoms with van der Waals surface area (Å²) in [6, 6.07) is 20.9. The molecule has 6 heteroatoms. The fourth-order valence-electron chi connectivity index (χ4n) is 3.54. The monoisotopic (exact) mass is 413 g/mol. The lowest BCUT2D eigenvalue weighted by atomic mass is 9.98. The van der Waals surface area contributed by atoms with E-state index in [9.17, 15) is 14.7 Å². The molecule has 0 atom stereocenters. The number of aromatic nitrogens is 1. The lowest BCUT2D eigenvalue weighted by Gasteiger charge is -2.05. The van der Waals surface area contributed by atoms with Crippen molar-refractivity contribution in [3.05, 3.63) is 88.4 Å². The number of Topliss-reactive ketones (excluding diaryl/α,β-unsaturated/α-hetero) is 1. The first-order valence-corrected chi connectivity index (χ1v) is 10.2. The number of benzene rings is 3. The van der Waals surface area contributed by atoms with Gasteiger partial charge in [0.2, 0.25) is 5.78 Å². The van der Waals surface area contributed by atoms with Crippen LogP contribution in [0.25, 0.3) is 33.0 Å². The van der Waals surface area contributed by atoms with E-state index in [1.807, 2.05) is 48.5 Å². The van der Waals surface area contributed by atoms with E-state index in [1.54, 1.807) is 23.6 Å². The first-order valence-electron chi connectivity index (χ1n) is 9.32. The van der Waals surface area contributed by atoms with Crippen molar-refractivity contribution in [1.29, 1.82) is 0 Å². The van der Waals surface area contributed by atoms with Crippen LogP contribution in [0.5, 0.6) is 0 Å². The number of hydrogen-bond acceptors (Lipinski definition) is 5. The lowest BCUT2D eigenvalue weighted by molar-refractivity contribution is 0.0697. The van der Waals surface area contributed by atoms with Gasteiger partial charge in [0.25, 0.3) is 5.89 Å². The maximum Gasteiger partial charge on any atom is 0.337 e. The topological polar surface area (TPSA) is 80.4 Å². The SMILES string of the molecule is O=C(Cc1scc(-c2ccc3ccccc3c2)c1C(=O)O)c1nc2ccccc2o1. The van der Waals surface area contributed by atoms with Crippen LogP contribution < -0.4 is 0 Å². The second-order valence-corrected chi connectivity index (χ2v) is 7.87. The minimum Gasteiger partial charge on any atom is -0.478 e. The maximum absolute atomic E-state index is 12.7. The fraction of sp³-hybridized carbons (Fsp3) is 0.0417. The Kier molecular flexibility index (Phi) is 4.41. The molecule has 30 heavy (non-hydrogen) atoms. The summed E-state index contributed by atoms with van der Waals surface area (Å²) < 4.78 is 5.54. The second-order valence-electron chi connectivity index (χ2n) is 6.90. The summed E-state index contributed by atoms with van der Waals surface area (Å²) in [5, 5.41) is 13.8. The molecule has 2 heterocycles. The Morgan fingerprint density at radius 1 is 0.967 bits per heavy atom. The highest BCUT2D eigenvalue weighted by Gasteiger charge is 2.24. The molecule has 0 saturated heterocycles. The van der Waals surface area contributed by atoms with Gasteiger partial charge in [0.15, 0.2) is 5.58 Å². The van der Waals surface area contributed by atoms with E-state index in [2.05, 4.69) is 4.98 Å². The molecule has 0 radical (unpaired) electrons. The van der Waals surface area contributed by atoms with Gasteiger partial charge in [0.1, 0.15) is 5.52 Å². The zero-order chi connectivity index (χ0) is 20.7. The quantitative estimate of drug-likeness (QED) is 0.367. The number of carbonyl (C=O) groups is 2. The number of carboxylic acid groups (broad SMARTS) is 1. The molecule has 5 aromatic rings. The summed E-state index contributed by atoms with van der Waals surface area (Å²) in [5.74, 6) is -1.41. The molecular weight excluding hydrogens is 398 g/mol. The van der Waals surface area contributed by atoms with Crippen molar-refractivity contribution in [1.82, 2.24) is 4.98 Å². The van der Waals surface area contributed by atoms with E-state index in [1.165, 1.54) is 11.3 Å². The summed E-state index contributed by atoms with van der Waals surface area (Å²) in [7, 11) is 0. The van der Waals surface area contributed by atoms with E-state index in [-0.39, 0.29) is 23.7 Å². The standard InChI is InChI=1S/C24H15NO4S/c26-19(23-25-18-7-3-4-8-20(18)29-23)12-21-22(24(27)28)17(13-30-21)16-10-9-14-5-1-2-6-15(14)11-16/h1-11,13H,12H2,(H,27,28). The number of fused-ring (bicyclic) bond motifs is 2. The van der Waals surface area contributed by atoms with Gasteiger partial charge in [-0.3, -0.25) is 4.79 Å². The zero-order valence-electron chi connectivity index (χ0n) is 15.7. The average Bonchev–Trinajstić information content (AvgIpc) is 3.37. The number of carboxylic acids is 1. The van der Waals surface area contributed by atoms with E-state index < -0.39 is 5.97 Å². The van der Waals surface area contributed by atoms with Crippen LogP contribution in [0, 0.1) is 0 Å². The number of ketones is 1. The highest BCUT2D eigenvalue weighted by atomic mass is 32.1. The Bertz CT molecular complexity index is 1400. The first-order chi connectivity index (χ1) is 14.6. The number of para-hydroxylation sites is 2. The number of thiophene rings is 1. The predicted octanol–water partition coefficient (Wildman–Crippen LogP) is 5.83. The summed E-state index contributed by atoms with van der Waals surface area (Å²) in [5.41, 5.74) is 2.70. The van der Waals surface area contributed by atoms with Gasteiger partial charge in [-0.2, -0.15) is 0 Å². The minimum absolute atomic E-state index is 0.00630. The molecule has 0 aliphatic heterocycles. The Hall–Kier alpha value is -3.77. The zero-order valence-corrected chi connectivity index (χ0v) is 16.5. The molecule has 0 unspecified atom stereocenters. The van der Waals surface area contributed by atoms with Gasteiger partial charge >= 0.3 is 5.97 Å². The average molecular weight is 413 g/mol. The number of nitrogens with zero attached hydrogens (tertiary/aromatic N) is 1. The Morgan fingerprint density at radius 2 is 1.73 bits per heavy atom. The smallest absolute Gasteiger partial charge is 0.337 e. The molecule has 0 spiro atoms. The number of aromatic carboxylic acids is 1. The van der Waals surface area contributed by atoms with Gasteiger partial charge in [-0.25, -0.2) is 9.78 Å². The molecule has 0 aliphatic rings. The van der Waals surface area contributed by atoms with E-state index in [0.29, 0.717) is 21.5 Å². The van der Waals surface area contributed by atoms with Crippen LogP contribution in [0.15, 0.2) is 76.5 Å². The van der Waals surface area contributed by atoms with Crippen LogP contribution in [0.2, 0.25) is 0 Å². The molecule has 0 saturated carbocycles. The van der Waals surface area contributed by atoms with Crippen molar-refractivity contribution >= 4 is 45.0 Å². The molecular formula is C24H15NO4S. The molecule has 2 aromatic heterocycles. The fourth-order valence-corrected chi connectivity index (χ4v) is 4.59. The largest absolute Gasteiger partial charge is 0.478 e. The molecule has 0 bridgehead atoms. The maximum atomic E-state index is 12.7. The van der Waals surface area contributed by atoms with Crippen molar-refractivity contribution in [2.45, 2.75) is 6.42 Å². The Morgan fingerprint density at radius 3 is 2.53 bits per heavy atom. The highest BCUT2D eigenvalue weighted by molar-refractivity contribution is 7.11. The van der Waals surface area contributed by atoms with Crippen molar-refractivity contribution < 1.29 is 19.1 Å².